The van der Waals surface area contributed by atoms with Crippen molar-refractivity contribution in [1.29, 1.82) is 0 Å². The molecule has 1 saturated heterocycles. The van der Waals surface area contributed by atoms with Crippen LogP contribution in [-0.2, 0) is 0 Å². The Morgan fingerprint density at radius 3 is 2.54 bits per heavy atom. The van der Waals surface area contributed by atoms with Crippen molar-refractivity contribution < 1.29 is 9.72 Å². The number of piperazine rings is 1. The van der Waals surface area contributed by atoms with Gasteiger partial charge < -0.3 is 9.80 Å². The predicted molar refractivity (Wildman–Crippen MR) is 100 cm³/mol. The number of carbonyl (C=O) groups is 1. The van der Waals surface area contributed by atoms with Crippen LogP contribution in [0.25, 0.3) is 0 Å². The number of nitrogens with zero attached hydrogens (tertiary/aromatic N) is 4. The van der Waals surface area contributed by atoms with Crippen LogP contribution in [0.2, 0.25) is 10.0 Å². The third-order valence-corrected chi connectivity index (χ3v) is 4.79. The van der Waals surface area contributed by atoms with Gasteiger partial charge in [-0.15, -0.1) is 0 Å². The molecule has 7 nitrogen and oxygen atoms in total. The zero-order valence-electron chi connectivity index (χ0n) is 14.0. The van der Waals surface area contributed by atoms with Gasteiger partial charge in [-0.1, -0.05) is 35.3 Å². The van der Waals surface area contributed by atoms with E-state index in [4.69, 9.17) is 23.2 Å². The molecule has 9 heteroatoms. The molecule has 0 atom stereocenters. The van der Waals surface area contributed by atoms with Crippen molar-refractivity contribution in [3.8, 4) is 0 Å². The van der Waals surface area contributed by atoms with E-state index in [1.165, 1.54) is 12.3 Å². The van der Waals surface area contributed by atoms with Gasteiger partial charge in [0.25, 0.3) is 11.6 Å². The fourth-order valence-corrected chi connectivity index (χ4v) is 3.51. The van der Waals surface area contributed by atoms with Crippen LogP contribution in [0, 0.1) is 17.0 Å². The molecule has 0 bridgehead atoms. The summed E-state index contributed by atoms with van der Waals surface area (Å²) in [7, 11) is 0. The summed E-state index contributed by atoms with van der Waals surface area (Å²) in [5, 5.41) is 12.2. The number of pyridine rings is 1. The van der Waals surface area contributed by atoms with E-state index in [-0.39, 0.29) is 17.2 Å². The summed E-state index contributed by atoms with van der Waals surface area (Å²) in [5.74, 6) is 0.278. The second kappa shape index (κ2) is 7.47. The number of aromatic nitrogens is 1. The third kappa shape index (κ3) is 3.59. The first kappa shape index (κ1) is 18.4. The van der Waals surface area contributed by atoms with E-state index >= 15 is 0 Å². The van der Waals surface area contributed by atoms with Crippen molar-refractivity contribution in [2.45, 2.75) is 6.92 Å². The van der Waals surface area contributed by atoms with Crippen molar-refractivity contribution in [2.75, 3.05) is 31.1 Å². The van der Waals surface area contributed by atoms with E-state index in [0.29, 0.717) is 47.6 Å². The molecule has 0 unspecified atom stereocenters. The van der Waals surface area contributed by atoms with Gasteiger partial charge in [-0.2, -0.15) is 0 Å². The monoisotopic (exact) mass is 394 g/mol. The molecule has 0 aliphatic carbocycles. The molecule has 0 spiro atoms. The number of benzene rings is 1. The molecule has 0 radical (unpaired) electrons. The zero-order chi connectivity index (χ0) is 18.8. The smallest absolute Gasteiger partial charge is 0.285 e. The van der Waals surface area contributed by atoms with Crippen LogP contribution in [-0.4, -0.2) is 46.9 Å². The number of nitro groups is 1. The number of rotatable bonds is 3. The number of aryl methyl sites for hydroxylation is 1. The molecule has 1 aliphatic rings. The quantitative estimate of drug-likeness (QED) is 0.587. The van der Waals surface area contributed by atoms with Gasteiger partial charge in [0.1, 0.15) is 11.4 Å². The summed E-state index contributed by atoms with van der Waals surface area (Å²) in [6.07, 6.45) is 1.52. The highest BCUT2D eigenvalue weighted by molar-refractivity contribution is 6.36. The van der Waals surface area contributed by atoms with Crippen molar-refractivity contribution >= 4 is 40.6 Å². The zero-order valence-corrected chi connectivity index (χ0v) is 15.5. The molecule has 0 saturated carbocycles. The Balaban J connectivity index is 1.75. The van der Waals surface area contributed by atoms with E-state index in [2.05, 4.69) is 4.98 Å². The molecule has 1 amide bonds. The number of halogens is 2. The third-order valence-electron chi connectivity index (χ3n) is 4.31. The van der Waals surface area contributed by atoms with Gasteiger partial charge in [0, 0.05) is 37.9 Å². The highest BCUT2D eigenvalue weighted by Gasteiger charge is 2.29. The number of carbonyl (C=O) groups excluding carboxylic acids is 1. The molecule has 1 aromatic carbocycles. The Morgan fingerprint density at radius 1 is 1.23 bits per heavy atom. The standard InChI is InChI=1S/C17H16Cl2N4O3/c1-11-3-2-4-13(15(11)23(25)26)17(24)22-7-5-21(6-8-22)16-14(19)9-12(18)10-20-16/h2-4,9-10H,5-8H2,1H3. The molecule has 26 heavy (non-hydrogen) atoms. The lowest BCUT2D eigenvalue weighted by Gasteiger charge is -2.35. The Morgan fingerprint density at radius 2 is 1.92 bits per heavy atom. The van der Waals surface area contributed by atoms with Crippen LogP contribution in [0.4, 0.5) is 11.5 Å². The molecule has 2 aromatic rings. The Bertz CT molecular complexity index is 867. The highest BCUT2D eigenvalue weighted by atomic mass is 35.5. The van der Waals surface area contributed by atoms with Crippen LogP contribution in [0.5, 0.6) is 0 Å². The number of amides is 1. The second-order valence-electron chi connectivity index (χ2n) is 5.97. The maximum absolute atomic E-state index is 12.8. The fraction of sp³-hybridized carbons (Fsp3) is 0.294. The Labute approximate surface area is 160 Å². The minimum Gasteiger partial charge on any atom is -0.352 e. The van der Waals surface area contributed by atoms with Crippen molar-refractivity contribution in [1.82, 2.24) is 9.88 Å². The van der Waals surface area contributed by atoms with Gasteiger partial charge in [0.15, 0.2) is 0 Å². The first-order valence-electron chi connectivity index (χ1n) is 7.97. The lowest BCUT2D eigenvalue weighted by molar-refractivity contribution is -0.385. The van der Waals surface area contributed by atoms with E-state index in [9.17, 15) is 14.9 Å². The summed E-state index contributed by atoms with van der Waals surface area (Å²) in [5.41, 5.74) is 0.449. The molecule has 0 N–H and O–H groups in total. The normalized spacial score (nSPS) is 14.4. The van der Waals surface area contributed by atoms with E-state index < -0.39 is 4.92 Å². The Hall–Kier alpha value is -2.38. The van der Waals surface area contributed by atoms with E-state index in [1.54, 1.807) is 30.0 Å². The number of anilines is 1. The Kier molecular flexibility index (Phi) is 5.29. The van der Waals surface area contributed by atoms with E-state index in [1.807, 2.05) is 4.90 Å². The average molecular weight is 395 g/mol. The lowest BCUT2D eigenvalue weighted by Crippen LogP contribution is -2.49. The molecular formula is C17H16Cl2N4O3. The van der Waals surface area contributed by atoms with Crippen molar-refractivity contribution in [2.24, 2.45) is 0 Å². The average Bonchev–Trinajstić information content (AvgIpc) is 2.61. The van der Waals surface area contributed by atoms with Gasteiger partial charge in [-0.25, -0.2) is 4.98 Å². The first-order chi connectivity index (χ1) is 12.4. The van der Waals surface area contributed by atoms with Crippen molar-refractivity contribution in [3.05, 3.63) is 61.7 Å². The lowest BCUT2D eigenvalue weighted by atomic mass is 10.1. The minimum atomic E-state index is -0.504. The van der Waals surface area contributed by atoms with Crippen LogP contribution in [0.15, 0.2) is 30.5 Å². The van der Waals surface area contributed by atoms with Gasteiger partial charge in [0.05, 0.1) is 15.0 Å². The highest BCUT2D eigenvalue weighted by Crippen LogP contribution is 2.28. The maximum atomic E-state index is 12.8. The maximum Gasteiger partial charge on any atom is 0.285 e. The summed E-state index contributed by atoms with van der Waals surface area (Å²) in [6.45, 7) is 3.52. The molecule has 1 aromatic heterocycles. The molecule has 1 aliphatic heterocycles. The van der Waals surface area contributed by atoms with Crippen LogP contribution < -0.4 is 4.90 Å². The largest absolute Gasteiger partial charge is 0.352 e. The van der Waals surface area contributed by atoms with E-state index in [0.717, 1.165) is 0 Å². The van der Waals surface area contributed by atoms with Gasteiger partial charge in [-0.3, -0.25) is 14.9 Å². The molecule has 2 heterocycles. The number of hydrogen-bond donors (Lipinski definition) is 0. The number of hydrogen-bond acceptors (Lipinski definition) is 5. The summed E-state index contributed by atoms with van der Waals surface area (Å²) in [4.78, 5) is 31.4. The van der Waals surface area contributed by atoms with Gasteiger partial charge in [-0.05, 0) is 19.1 Å². The minimum absolute atomic E-state index is 0.117. The van der Waals surface area contributed by atoms with Crippen LogP contribution >= 0.6 is 23.2 Å². The molecule has 136 valence electrons. The summed E-state index contributed by atoms with van der Waals surface area (Å²) in [6, 6.07) is 6.40. The summed E-state index contributed by atoms with van der Waals surface area (Å²) < 4.78 is 0. The first-order valence-corrected chi connectivity index (χ1v) is 8.73. The van der Waals surface area contributed by atoms with Gasteiger partial charge in [0.2, 0.25) is 0 Å². The predicted octanol–water partition coefficient (Wildman–Crippen LogP) is 3.57. The molecular weight excluding hydrogens is 379 g/mol. The number of para-hydroxylation sites is 1. The summed E-state index contributed by atoms with van der Waals surface area (Å²) >= 11 is 12.1. The fourth-order valence-electron chi connectivity index (χ4n) is 3.01. The van der Waals surface area contributed by atoms with Crippen LogP contribution in [0.3, 0.4) is 0 Å². The van der Waals surface area contributed by atoms with Gasteiger partial charge >= 0.3 is 0 Å². The number of nitro benzene ring substituents is 1. The SMILES string of the molecule is Cc1cccc(C(=O)N2CCN(c3ncc(Cl)cc3Cl)CC2)c1[N+](=O)[O-]. The topological polar surface area (TPSA) is 79.6 Å². The molecule has 3 rings (SSSR count). The van der Waals surface area contributed by atoms with Crippen molar-refractivity contribution in [3.63, 3.8) is 0 Å². The second-order valence-corrected chi connectivity index (χ2v) is 6.81. The van der Waals surface area contributed by atoms with Crippen LogP contribution in [0.1, 0.15) is 15.9 Å². The molecule has 1 fully saturated rings.